The van der Waals surface area contributed by atoms with E-state index in [1.54, 1.807) is 25.3 Å². The van der Waals surface area contributed by atoms with Gasteiger partial charge in [-0.3, -0.25) is 14.6 Å². The fourth-order valence-corrected chi connectivity index (χ4v) is 2.73. The molecule has 148 valence electrons. The predicted octanol–water partition coefficient (Wildman–Crippen LogP) is 3.09. The lowest BCUT2D eigenvalue weighted by molar-refractivity contribution is 0.0945. The second kappa shape index (κ2) is 9.45. The third-order valence-corrected chi connectivity index (χ3v) is 4.28. The van der Waals surface area contributed by atoms with Gasteiger partial charge >= 0.3 is 0 Å². The summed E-state index contributed by atoms with van der Waals surface area (Å²) in [4.78, 5) is 28.8. The van der Waals surface area contributed by atoms with Gasteiger partial charge in [0.05, 0.1) is 7.11 Å². The highest BCUT2D eigenvalue weighted by Crippen LogP contribution is 2.17. The summed E-state index contributed by atoms with van der Waals surface area (Å²) in [6.45, 7) is 0.303. The van der Waals surface area contributed by atoms with Gasteiger partial charge < -0.3 is 15.4 Å². The van der Waals surface area contributed by atoms with E-state index in [0.717, 1.165) is 5.56 Å². The maximum atomic E-state index is 13.7. The van der Waals surface area contributed by atoms with Crippen molar-refractivity contribution in [2.24, 2.45) is 0 Å². The van der Waals surface area contributed by atoms with Crippen molar-refractivity contribution in [1.82, 2.24) is 15.6 Å². The van der Waals surface area contributed by atoms with E-state index < -0.39 is 11.7 Å². The number of ether oxygens (including phenoxy) is 1. The topological polar surface area (TPSA) is 80.3 Å². The number of carbonyl (C=O) groups is 2. The number of halogens is 1. The van der Waals surface area contributed by atoms with Gasteiger partial charge in [0.2, 0.25) is 0 Å². The molecule has 29 heavy (non-hydrogen) atoms. The van der Waals surface area contributed by atoms with Crippen molar-refractivity contribution >= 4 is 11.8 Å². The van der Waals surface area contributed by atoms with Crippen molar-refractivity contribution in [2.75, 3.05) is 7.11 Å². The molecule has 3 aromatic rings. The van der Waals surface area contributed by atoms with Crippen LogP contribution in [0.5, 0.6) is 5.75 Å². The molecule has 0 fully saturated rings. The molecule has 0 spiro atoms. The van der Waals surface area contributed by atoms with E-state index in [1.165, 1.54) is 24.4 Å². The highest BCUT2D eigenvalue weighted by molar-refractivity contribution is 5.98. The second-order valence-corrected chi connectivity index (χ2v) is 6.20. The first kappa shape index (κ1) is 20.0. The smallest absolute Gasteiger partial charge is 0.270 e. The standard InChI is InChI=1S/C22H20FN3O3/c1-29-20-9-5-3-7-17(20)14-25-21(27)15-10-11-24-19(12-15)22(28)26-13-16-6-2-4-8-18(16)23/h2-12H,13-14H2,1H3,(H,25,27)(H,26,28). The first-order valence-electron chi connectivity index (χ1n) is 8.96. The SMILES string of the molecule is COc1ccccc1CNC(=O)c1ccnc(C(=O)NCc2ccccc2F)c1. The number of aromatic nitrogens is 1. The van der Waals surface area contributed by atoms with E-state index in [1.807, 2.05) is 24.3 Å². The Bertz CT molecular complexity index is 1020. The molecule has 2 N–H and O–H groups in total. The van der Waals surface area contributed by atoms with Gasteiger partial charge in [0.15, 0.2) is 0 Å². The van der Waals surface area contributed by atoms with Crippen molar-refractivity contribution in [3.63, 3.8) is 0 Å². The summed E-state index contributed by atoms with van der Waals surface area (Å²) >= 11 is 0. The first-order chi connectivity index (χ1) is 14.1. The average Bonchev–Trinajstić information content (AvgIpc) is 2.77. The molecule has 2 amide bonds. The quantitative estimate of drug-likeness (QED) is 0.647. The second-order valence-electron chi connectivity index (χ2n) is 6.20. The normalized spacial score (nSPS) is 10.3. The lowest BCUT2D eigenvalue weighted by Crippen LogP contribution is -2.26. The van der Waals surface area contributed by atoms with Gasteiger partial charge in [-0.15, -0.1) is 0 Å². The van der Waals surface area contributed by atoms with Gasteiger partial charge in [-0.2, -0.15) is 0 Å². The predicted molar refractivity (Wildman–Crippen MR) is 106 cm³/mol. The lowest BCUT2D eigenvalue weighted by Gasteiger charge is -2.10. The Morgan fingerprint density at radius 3 is 2.34 bits per heavy atom. The summed E-state index contributed by atoms with van der Waals surface area (Å²) < 4.78 is 18.9. The molecule has 0 unspecified atom stereocenters. The van der Waals surface area contributed by atoms with E-state index in [2.05, 4.69) is 15.6 Å². The molecule has 3 rings (SSSR count). The Hall–Kier alpha value is -3.74. The average molecular weight is 393 g/mol. The Balaban J connectivity index is 1.63. The van der Waals surface area contributed by atoms with Crippen LogP contribution in [-0.2, 0) is 13.1 Å². The summed E-state index contributed by atoms with van der Waals surface area (Å²) in [6.07, 6.45) is 1.38. The molecule has 7 heteroatoms. The van der Waals surface area contributed by atoms with Crippen LogP contribution >= 0.6 is 0 Å². The van der Waals surface area contributed by atoms with E-state index >= 15 is 0 Å². The van der Waals surface area contributed by atoms with Crippen molar-refractivity contribution in [3.8, 4) is 5.75 Å². The fourth-order valence-electron chi connectivity index (χ4n) is 2.73. The Kier molecular flexibility index (Phi) is 6.52. The van der Waals surface area contributed by atoms with Crippen LogP contribution in [0.3, 0.4) is 0 Å². The lowest BCUT2D eigenvalue weighted by atomic mass is 10.1. The van der Waals surface area contributed by atoms with E-state index in [0.29, 0.717) is 16.9 Å². The highest BCUT2D eigenvalue weighted by atomic mass is 19.1. The molecule has 1 aromatic heterocycles. The zero-order valence-corrected chi connectivity index (χ0v) is 15.8. The number of benzene rings is 2. The van der Waals surface area contributed by atoms with Crippen molar-refractivity contribution < 1.29 is 18.7 Å². The molecule has 2 aromatic carbocycles. The van der Waals surface area contributed by atoms with Crippen molar-refractivity contribution in [2.45, 2.75) is 13.1 Å². The number of nitrogens with zero attached hydrogens (tertiary/aromatic N) is 1. The maximum Gasteiger partial charge on any atom is 0.270 e. The minimum absolute atomic E-state index is 0.0252. The molecule has 0 saturated carbocycles. The number of amides is 2. The minimum Gasteiger partial charge on any atom is -0.496 e. The number of para-hydroxylation sites is 1. The van der Waals surface area contributed by atoms with Crippen LogP contribution in [0.15, 0.2) is 66.9 Å². The molecule has 0 aliphatic rings. The van der Waals surface area contributed by atoms with E-state index in [9.17, 15) is 14.0 Å². The molecule has 0 saturated heterocycles. The maximum absolute atomic E-state index is 13.7. The zero-order valence-electron chi connectivity index (χ0n) is 15.8. The number of hydrogen-bond donors (Lipinski definition) is 2. The number of nitrogens with one attached hydrogen (secondary N) is 2. The number of carbonyl (C=O) groups excluding carboxylic acids is 2. The van der Waals surface area contributed by atoms with Crippen molar-refractivity contribution in [1.29, 1.82) is 0 Å². The molecular formula is C22H20FN3O3. The monoisotopic (exact) mass is 393 g/mol. The van der Waals surface area contributed by atoms with Gasteiger partial charge in [-0.25, -0.2) is 4.39 Å². The molecule has 1 heterocycles. The number of pyridine rings is 1. The van der Waals surface area contributed by atoms with Crippen LogP contribution in [0, 0.1) is 5.82 Å². The summed E-state index contributed by atoms with van der Waals surface area (Å²) in [7, 11) is 1.57. The molecule has 6 nitrogen and oxygen atoms in total. The summed E-state index contributed by atoms with van der Waals surface area (Å²) in [5, 5.41) is 5.40. The van der Waals surface area contributed by atoms with Gasteiger partial charge in [-0.05, 0) is 24.3 Å². The van der Waals surface area contributed by atoms with Crippen LogP contribution in [0.25, 0.3) is 0 Å². The third kappa shape index (κ3) is 5.16. The van der Waals surface area contributed by atoms with Gasteiger partial charge in [0.25, 0.3) is 11.8 Å². The minimum atomic E-state index is -0.493. The van der Waals surface area contributed by atoms with Gasteiger partial charge in [-0.1, -0.05) is 36.4 Å². The Morgan fingerprint density at radius 2 is 1.59 bits per heavy atom. The summed E-state index contributed by atoms with van der Waals surface area (Å²) in [5.74, 6) is -0.560. The molecule has 0 aliphatic heterocycles. The van der Waals surface area contributed by atoms with Gasteiger partial charge in [0.1, 0.15) is 17.3 Å². The fraction of sp³-hybridized carbons (Fsp3) is 0.136. The first-order valence-corrected chi connectivity index (χ1v) is 8.96. The summed E-state index contributed by atoms with van der Waals surface area (Å²) in [6, 6.07) is 16.5. The highest BCUT2D eigenvalue weighted by Gasteiger charge is 2.13. The van der Waals surface area contributed by atoms with Crippen LogP contribution in [0.2, 0.25) is 0 Å². The largest absolute Gasteiger partial charge is 0.496 e. The third-order valence-electron chi connectivity index (χ3n) is 4.28. The number of hydrogen-bond acceptors (Lipinski definition) is 4. The van der Waals surface area contributed by atoms with E-state index in [4.69, 9.17) is 4.74 Å². The van der Waals surface area contributed by atoms with Crippen LogP contribution in [0.1, 0.15) is 32.0 Å². The Labute approximate surface area is 167 Å². The zero-order chi connectivity index (χ0) is 20.6. The van der Waals surface area contributed by atoms with Crippen LogP contribution in [-0.4, -0.2) is 23.9 Å². The van der Waals surface area contributed by atoms with E-state index in [-0.39, 0.29) is 24.7 Å². The number of rotatable bonds is 7. The summed E-state index contributed by atoms with van der Waals surface area (Å²) in [5.41, 5.74) is 1.57. The molecule has 0 radical (unpaired) electrons. The molecule has 0 bridgehead atoms. The molecule has 0 atom stereocenters. The molecular weight excluding hydrogens is 373 g/mol. The molecule has 0 aliphatic carbocycles. The van der Waals surface area contributed by atoms with Crippen LogP contribution < -0.4 is 15.4 Å². The van der Waals surface area contributed by atoms with Crippen molar-refractivity contribution in [3.05, 3.63) is 95.1 Å². The Morgan fingerprint density at radius 1 is 0.931 bits per heavy atom. The number of methoxy groups -OCH3 is 1. The van der Waals surface area contributed by atoms with Crippen LogP contribution in [0.4, 0.5) is 4.39 Å². The van der Waals surface area contributed by atoms with Gasteiger partial charge in [0, 0.05) is 36.0 Å².